The van der Waals surface area contributed by atoms with Gasteiger partial charge in [0.15, 0.2) is 5.96 Å². The van der Waals surface area contributed by atoms with Gasteiger partial charge in [0.2, 0.25) is 0 Å². The van der Waals surface area contributed by atoms with Crippen LogP contribution in [0.4, 0.5) is 0 Å². The summed E-state index contributed by atoms with van der Waals surface area (Å²) in [6.07, 6.45) is 2.50. The number of aromatic nitrogens is 1. The fourth-order valence-electron chi connectivity index (χ4n) is 2.35. The van der Waals surface area contributed by atoms with Crippen LogP contribution in [0, 0.1) is 12.8 Å². The van der Waals surface area contributed by atoms with Crippen molar-refractivity contribution in [2.75, 3.05) is 13.1 Å². The van der Waals surface area contributed by atoms with Crippen molar-refractivity contribution in [3.8, 4) is 0 Å². The van der Waals surface area contributed by atoms with Crippen molar-refractivity contribution in [3.05, 3.63) is 29.6 Å². The van der Waals surface area contributed by atoms with Crippen LogP contribution < -0.4 is 5.73 Å². The van der Waals surface area contributed by atoms with Gasteiger partial charge in [-0.05, 0) is 37.8 Å². The van der Waals surface area contributed by atoms with Crippen LogP contribution in [0.15, 0.2) is 23.2 Å². The average Bonchev–Trinajstić information content (AvgIpc) is 2.36. The molecule has 1 saturated heterocycles. The van der Waals surface area contributed by atoms with Gasteiger partial charge in [-0.1, -0.05) is 13.0 Å². The van der Waals surface area contributed by atoms with Gasteiger partial charge in [0.1, 0.15) is 0 Å². The second-order valence-electron chi connectivity index (χ2n) is 5.14. The van der Waals surface area contributed by atoms with E-state index in [0.717, 1.165) is 24.5 Å². The summed E-state index contributed by atoms with van der Waals surface area (Å²) in [5.41, 5.74) is 8.04. The molecule has 0 amide bonds. The highest BCUT2D eigenvalue weighted by Gasteiger charge is 2.17. The first-order valence-corrected chi connectivity index (χ1v) is 6.62. The van der Waals surface area contributed by atoms with Crippen molar-refractivity contribution in [1.82, 2.24) is 9.88 Å². The summed E-state index contributed by atoms with van der Waals surface area (Å²) in [4.78, 5) is 11.1. The number of likely N-dealkylation sites (tertiary alicyclic amines) is 1. The molecule has 0 saturated carbocycles. The van der Waals surface area contributed by atoms with Gasteiger partial charge in [-0.15, -0.1) is 0 Å². The van der Waals surface area contributed by atoms with E-state index in [-0.39, 0.29) is 0 Å². The fourth-order valence-corrected chi connectivity index (χ4v) is 2.35. The molecule has 1 aromatic heterocycles. The van der Waals surface area contributed by atoms with Crippen LogP contribution in [0.25, 0.3) is 0 Å². The van der Waals surface area contributed by atoms with Gasteiger partial charge in [-0.2, -0.15) is 0 Å². The smallest absolute Gasteiger partial charge is 0.191 e. The molecule has 1 atom stereocenters. The third-order valence-corrected chi connectivity index (χ3v) is 3.33. The highest BCUT2D eigenvalue weighted by atomic mass is 15.3. The van der Waals surface area contributed by atoms with Crippen LogP contribution in [0.3, 0.4) is 0 Å². The number of aliphatic imine (C=N–C) groups is 1. The van der Waals surface area contributed by atoms with Gasteiger partial charge >= 0.3 is 0 Å². The Morgan fingerprint density at radius 2 is 2.39 bits per heavy atom. The van der Waals surface area contributed by atoms with Crippen LogP contribution in [-0.4, -0.2) is 28.9 Å². The summed E-state index contributed by atoms with van der Waals surface area (Å²) in [7, 11) is 0. The Hall–Kier alpha value is -1.58. The van der Waals surface area contributed by atoms with Crippen LogP contribution >= 0.6 is 0 Å². The van der Waals surface area contributed by atoms with Gasteiger partial charge in [-0.3, -0.25) is 4.98 Å². The molecule has 2 rings (SSSR count). The summed E-state index contributed by atoms with van der Waals surface area (Å²) >= 11 is 0. The van der Waals surface area contributed by atoms with Gasteiger partial charge < -0.3 is 10.6 Å². The van der Waals surface area contributed by atoms with Gasteiger partial charge in [0.05, 0.1) is 12.2 Å². The van der Waals surface area contributed by atoms with Gasteiger partial charge in [0.25, 0.3) is 0 Å². The van der Waals surface area contributed by atoms with Crippen LogP contribution in [0.5, 0.6) is 0 Å². The monoisotopic (exact) mass is 246 g/mol. The zero-order chi connectivity index (χ0) is 13.0. The summed E-state index contributed by atoms with van der Waals surface area (Å²) in [6, 6.07) is 5.98. The Balaban J connectivity index is 1.96. The Morgan fingerprint density at radius 1 is 1.56 bits per heavy atom. The predicted molar refractivity (Wildman–Crippen MR) is 74.3 cm³/mol. The first kappa shape index (κ1) is 12.9. The standard InChI is InChI=1S/C14H22N4/c1-11-5-4-8-18(10-11)14(15)16-9-13-7-3-6-12(2)17-13/h3,6-7,11H,4-5,8-10H2,1-2H3,(H2,15,16). The predicted octanol–water partition coefficient (Wildman–Crippen LogP) is 1.94. The Labute approximate surface area is 109 Å². The zero-order valence-corrected chi connectivity index (χ0v) is 11.3. The summed E-state index contributed by atoms with van der Waals surface area (Å²) in [5, 5.41) is 0. The summed E-state index contributed by atoms with van der Waals surface area (Å²) < 4.78 is 0. The van der Waals surface area contributed by atoms with Gasteiger partial charge in [-0.25, -0.2) is 4.99 Å². The van der Waals surface area contributed by atoms with E-state index in [1.165, 1.54) is 12.8 Å². The molecule has 0 radical (unpaired) electrons. The number of hydrogen-bond acceptors (Lipinski definition) is 2. The minimum absolute atomic E-state index is 0.568. The first-order chi connectivity index (χ1) is 8.65. The van der Waals surface area contributed by atoms with E-state index in [1.54, 1.807) is 0 Å². The third-order valence-electron chi connectivity index (χ3n) is 3.33. The summed E-state index contributed by atoms with van der Waals surface area (Å²) in [5.74, 6) is 1.37. The lowest BCUT2D eigenvalue weighted by Crippen LogP contribution is -2.43. The van der Waals surface area contributed by atoms with Crippen LogP contribution in [0.1, 0.15) is 31.2 Å². The van der Waals surface area contributed by atoms with Crippen molar-refractivity contribution in [3.63, 3.8) is 0 Å². The fraction of sp³-hybridized carbons (Fsp3) is 0.571. The largest absolute Gasteiger partial charge is 0.370 e. The Morgan fingerprint density at radius 3 is 3.11 bits per heavy atom. The second-order valence-corrected chi connectivity index (χ2v) is 5.14. The molecule has 0 aromatic carbocycles. The van der Waals surface area contributed by atoms with E-state index in [2.05, 4.69) is 21.8 Å². The maximum atomic E-state index is 6.04. The molecule has 4 heteroatoms. The van der Waals surface area contributed by atoms with Crippen LogP contribution in [-0.2, 0) is 6.54 Å². The molecular formula is C14H22N4. The molecule has 4 nitrogen and oxygen atoms in total. The molecule has 1 fully saturated rings. The molecule has 0 aliphatic carbocycles. The average molecular weight is 246 g/mol. The molecule has 1 aromatic rings. The lowest BCUT2D eigenvalue weighted by molar-refractivity contribution is 0.270. The molecule has 18 heavy (non-hydrogen) atoms. The summed E-state index contributed by atoms with van der Waals surface area (Å²) in [6.45, 7) is 6.88. The van der Waals surface area contributed by atoms with E-state index < -0.39 is 0 Å². The highest BCUT2D eigenvalue weighted by Crippen LogP contribution is 2.15. The molecule has 1 aliphatic rings. The quantitative estimate of drug-likeness (QED) is 0.641. The maximum Gasteiger partial charge on any atom is 0.191 e. The number of aryl methyl sites for hydroxylation is 1. The number of guanidine groups is 1. The highest BCUT2D eigenvalue weighted by molar-refractivity contribution is 5.78. The zero-order valence-electron chi connectivity index (χ0n) is 11.3. The lowest BCUT2D eigenvalue weighted by atomic mass is 10.0. The molecule has 2 heterocycles. The van der Waals surface area contributed by atoms with E-state index in [1.807, 2.05) is 25.1 Å². The number of pyridine rings is 1. The SMILES string of the molecule is Cc1cccc(CN=C(N)N2CCCC(C)C2)n1. The number of nitrogens with zero attached hydrogens (tertiary/aromatic N) is 3. The Bertz CT molecular complexity index is 428. The molecule has 98 valence electrons. The van der Waals surface area contributed by atoms with Crippen molar-refractivity contribution in [2.24, 2.45) is 16.6 Å². The van der Waals surface area contributed by atoms with E-state index in [4.69, 9.17) is 5.73 Å². The molecule has 1 unspecified atom stereocenters. The van der Waals surface area contributed by atoms with Crippen molar-refractivity contribution < 1.29 is 0 Å². The number of nitrogens with two attached hydrogens (primary N) is 1. The van der Waals surface area contributed by atoms with Crippen LogP contribution in [0.2, 0.25) is 0 Å². The third kappa shape index (κ3) is 3.45. The minimum Gasteiger partial charge on any atom is -0.370 e. The van der Waals surface area contributed by atoms with E-state index in [9.17, 15) is 0 Å². The molecule has 0 spiro atoms. The molecule has 0 bridgehead atoms. The van der Waals surface area contributed by atoms with Crippen molar-refractivity contribution in [1.29, 1.82) is 0 Å². The molecular weight excluding hydrogens is 224 g/mol. The Kier molecular flexibility index (Phi) is 4.18. The normalized spacial score (nSPS) is 21.1. The molecule has 2 N–H and O–H groups in total. The van der Waals surface area contributed by atoms with Crippen molar-refractivity contribution >= 4 is 5.96 Å². The number of hydrogen-bond donors (Lipinski definition) is 1. The lowest BCUT2D eigenvalue weighted by Gasteiger charge is -2.31. The number of piperidine rings is 1. The maximum absolute atomic E-state index is 6.04. The van der Waals surface area contributed by atoms with Crippen molar-refractivity contribution in [2.45, 2.75) is 33.2 Å². The van der Waals surface area contributed by atoms with Gasteiger partial charge in [0, 0.05) is 18.8 Å². The van der Waals surface area contributed by atoms with E-state index >= 15 is 0 Å². The minimum atomic E-state index is 0.568. The van der Waals surface area contributed by atoms with E-state index in [0.29, 0.717) is 18.4 Å². The molecule has 1 aliphatic heterocycles. The first-order valence-electron chi connectivity index (χ1n) is 6.62. The number of rotatable bonds is 2. The second kappa shape index (κ2) is 5.85. The topological polar surface area (TPSA) is 54.5 Å².